The Morgan fingerprint density at radius 3 is 2.40 bits per heavy atom. The molecule has 25 heavy (non-hydrogen) atoms. The van der Waals surface area contributed by atoms with Crippen LogP contribution in [0.3, 0.4) is 0 Å². The fraction of sp³-hybridized carbons (Fsp3) is 0.111. The maximum Gasteiger partial charge on any atom is 0.253 e. The van der Waals surface area contributed by atoms with Crippen LogP contribution in [0.25, 0.3) is 11.1 Å². The normalized spacial score (nSPS) is 16.6. The smallest absolute Gasteiger partial charge is 0.253 e. The molecular weight excluding hydrogens is 338 g/mol. The van der Waals surface area contributed by atoms with Gasteiger partial charge in [-0.15, -0.1) is 0 Å². The van der Waals surface area contributed by atoms with Gasteiger partial charge in [-0.3, -0.25) is 9.79 Å². The molecule has 0 aromatic heterocycles. The van der Waals surface area contributed by atoms with Crippen LogP contribution < -0.4 is 10.5 Å². The van der Waals surface area contributed by atoms with Crippen LogP contribution in [0.5, 0.6) is 0 Å². The first-order chi connectivity index (χ1) is 11.9. The molecule has 0 radical (unpaired) electrons. The van der Waals surface area contributed by atoms with Gasteiger partial charge in [-0.2, -0.15) is 0 Å². The van der Waals surface area contributed by atoms with Crippen molar-refractivity contribution in [2.24, 2.45) is 10.1 Å². The highest BCUT2D eigenvalue weighted by molar-refractivity contribution is 7.89. The van der Waals surface area contributed by atoms with E-state index in [0.29, 0.717) is 22.4 Å². The number of hydrogen-bond acceptors (Lipinski definition) is 4. The number of rotatable bonds is 4. The number of anilines is 1. The molecule has 0 spiro atoms. The Balaban J connectivity index is 1.83. The molecule has 0 fully saturated rings. The van der Waals surface area contributed by atoms with E-state index in [1.807, 2.05) is 6.92 Å². The van der Waals surface area contributed by atoms with Crippen molar-refractivity contribution in [2.45, 2.75) is 17.9 Å². The lowest BCUT2D eigenvalue weighted by atomic mass is 10.1. The van der Waals surface area contributed by atoms with E-state index in [9.17, 15) is 13.2 Å². The van der Waals surface area contributed by atoms with Crippen molar-refractivity contribution in [3.8, 4) is 11.1 Å². The van der Waals surface area contributed by atoms with Crippen molar-refractivity contribution < 1.29 is 13.2 Å². The van der Waals surface area contributed by atoms with Crippen LogP contribution >= 0.6 is 0 Å². The standard InChI is InChI=1S/C18H17N3O3S/c1-12-15(10-11-20-12)18(22)21-14-8-6-13(7-9-14)16-4-2-3-5-17(16)25(19,23)24/h2-12H,1H3,(H,21,22)(H2,19,23,24). The van der Waals surface area contributed by atoms with Crippen LogP contribution in [0, 0.1) is 0 Å². The largest absolute Gasteiger partial charge is 0.322 e. The zero-order valence-electron chi connectivity index (χ0n) is 13.5. The van der Waals surface area contributed by atoms with Gasteiger partial charge >= 0.3 is 0 Å². The molecular formula is C18H17N3O3S. The minimum Gasteiger partial charge on any atom is -0.322 e. The van der Waals surface area contributed by atoms with Crippen molar-refractivity contribution >= 4 is 27.8 Å². The molecule has 0 saturated carbocycles. The summed E-state index contributed by atoms with van der Waals surface area (Å²) < 4.78 is 23.4. The van der Waals surface area contributed by atoms with Gasteiger partial charge in [0.1, 0.15) is 0 Å². The van der Waals surface area contributed by atoms with Gasteiger partial charge in [0.05, 0.1) is 10.9 Å². The van der Waals surface area contributed by atoms with Crippen LogP contribution in [0.15, 0.2) is 70.1 Å². The second-order valence-corrected chi connectivity index (χ2v) is 7.20. The fourth-order valence-electron chi connectivity index (χ4n) is 2.63. The Bertz CT molecular complexity index is 977. The lowest BCUT2D eigenvalue weighted by Gasteiger charge is -2.11. The predicted molar refractivity (Wildman–Crippen MR) is 97.9 cm³/mol. The van der Waals surface area contributed by atoms with Crippen molar-refractivity contribution in [1.29, 1.82) is 0 Å². The molecule has 128 valence electrons. The summed E-state index contributed by atoms with van der Waals surface area (Å²) in [5, 5.41) is 8.08. The van der Waals surface area contributed by atoms with Crippen molar-refractivity contribution in [3.05, 3.63) is 60.2 Å². The van der Waals surface area contributed by atoms with Gasteiger partial charge in [0.2, 0.25) is 10.0 Å². The first kappa shape index (κ1) is 17.1. The van der Waals surface area contributed by atoms with E-state index >= 15 is 0 Å². The molecule has 1 aliphatic heterocycles. The maximum atomic E-state index is 12.2. The summed E-state index contributed by atoms with van der Waals surface area (Å²) in [5.74, 6) is -0.206. The zero-order chi connectivity index (χ0) is 18.0. The van der Waals surface area contributed by atoms with E-state index in [2.05, 4.69) is 10.3 Å². The van der Waals surface area contributed by atoms with Gasteiger partial charge in [0, 0.05) is 23.0 Å². The average molecular weight is 355 g/mol. The third-order valence-corrected chi connectivity index (χ3v) is 4.89. The number of nitrogens with zero attached hydrogens (tertiary/aromatic N) is 1. The number of primary sulfonamides is 1. The Labute approximate surface area is 146 Å². The number of carbonyl (C=O) groups is 1. The topological polar surface area (TPSA) is 102 Å². The van der Waals surface area contributed by atoms with Gasteiger partial charge < -0.3 is 5.32 Å². The molecule has 0 bridgehead atoms. The van der Waals surface area contributed by atoms with E-state index in [-0.39, 0.29) is 16.8 Å². The molecule has 3 N–H and O–H groups in total. The van der Waals surface area contributed by atoms with Crippen molar-refractivity contribution in [1.82, 2.24) is 0 Å². The number of aliphatic imine (C=N–C) groups is 1. The molecule has 2 aromatic rings. The molecule has 0 aliphatic carbocycles. The Morgan fingerprint density at radius 1 is 1.12 bits per heavy atom. The van der Waals surface area contributed by atoms with Crippen molar-refractivity contribution in [2.75, 3.05) is 5.32 Å². The molecule has 1 atom stereocenters. The third kappa shape index (κ3) is 3.67. The van der Waals surface area contributed by atoms with Crippen LogP contribution in [0.2, 0.25) is 0 Å². The SMILES string of the molecule is CC1N=CC=C1C(=O)Nc1ccc(-c2ccccc2S(N)(=O)=O)cc1. The summed E-state index contributed by atoms with van der Waals surface area (Å²) in [4.78, 5) is 16.4. The Hall–Kier alpha value is -2.77. The number of carbonyl (C=O) groups excluding carboxylic acids is 1. The van der Waals surface area contributed by atoms with Gasteiger partial charge in [-0.05, 0) is 36.8 Å². The number of allylic oxidation sites excluding steroid dienone is 1. The summed E-state index contributed by atoms with van der Waals surface area (Å²) in [6.45, 7) is 1.85. The molecule has 6 nitrogen and oxygen atoms in total. The highest BCUT2D eigenvalue weighted by Crippen LogP contribution is 2.27. The van der Waals surface area contributed by atoms with E-state index < -0.39 is 10.0 Å². The molecule has 1 heterocycles. The van der Waals surface area contributed by atoms with Crippen molar-refractivity contribution in [3.63, 3.8) is 0 Å². The first-order valence-corrected chi connectivity index (χ1v) is 9.18. The van der Waals surface area contributed by atoms with Gasteiger partial charge in [0.15, 0.2) is 0 Å². The zero-order valence-corrected chi connectivity index (χ0v) is 14.3. The second kappa shape index (κ2) is 6.62. The molecule has 1 unspecified atom stereocenters. The van der Waals surface area contributed by atoms with Crippen LogP contribution in [0.1, 0.15) is 6.92 Å². The molecule has 1 aliphatic rings. The minimum absolute atomic E-state index is 0.0638. The summed E-state index contributed by atoms with van der Waals surface area (Å²) in [6, 6.07) is 13.3. The monoisotopic (exact) mass is 355 g/mol. The summed E-state index contributed by atoms with van der Waals surface area (Å²) in [6.07, 6.45) is 3.31. The fourth-order valence-corrected chi connectivity index (χ4v) is 3.39. The summed E-state index contributed by atoms with van der Waals surface area (Å²) >= 11 is 0. The average Bonchev–Trinajstić information content (AvgIpc) is 3.01. The Morgan fingerprint density at radius 2 is 1.80 bits per heavy atom. The number of benzene rings is 2. The van der Waals surface area contributed by atoms with Crippen LogP contribution in [0.4, 0.5) is 5.69 Å². The number of nitrogens with two attached hydrogens (primary N) is 1. The Kier molecular flexibility index (Phi) is 4.52. The van der Waals surface area contributed by atoms with E-state index in [1.165, 1.54) is 6.07 Å². The quantitative estimate of drug-likeness (QED) is 0.880. The van der Waals surface area contributed by atoms with E-state index in [0.717, 1.165) is 0 Å². The maximum absolute atomic E-state index is 12.2. The van der Waals surface area contributed by atoms with Gasteiger partial charge in [-0.1, -0.05) is 30.3 Å². The molecule has 0 saturated heterocycles. The second-order valence-electron chi connectivity index (χ2n) is 5.67. The molecule has 3 rings (SSSR count). The minimum atomic E-state index is -3.82. The molecule has 7 heteroatoms. The van der Waals surface area contributed by atoms with Crippen LogP contribution in [-0.2, 0) is 14.8 Å². The molecule has 2 aromatic carbocycles. The van der Waals surface area contributed by atoms with Gasteiger partial charge in [-0.25, -0.2) is 13.6 Å². The number of amides is 1. The highest BCUT2D eigenvalue weighted by Gasteiger charge is 2.19. The lowest BCUT2D eigenvalue weighted by Crippen LogP contribution is -2.19. The van der Waals surface area contributed by atoms with Crippen LogP contribution in [-0.4, -0.2) is 26.6 Å². The van der Waals surface area contributed by atoms with E-state index in [4.69, 9.17) is 5.14 Å². The summed E-state index contributed by atoms with van der Waals surface area (Å²) in [5.41, 5.74) is 2.42. The molecule has 1 amide bonds. The number of hydrogen-bond donors (Lipinski definition) is 2. The predicted octanol–water partition coefficient (Wildman–Crippen LogP) is 2.34. The van der Waals surface area contributed by atoms with E-state index in [1.54, 1.807) is 54.8 Å². The highest BCUT2D eigenvalue weighted by atomic mass is 32.2. The number of sulfonamides is 1. The lowest BCUT2D eigenvalue weighted by molar-refractivity contribution is -0.113. The van der Waals surface area contributed by atoms with Gasteiger partial charge in [0.25, 0.3) is 5.91 Å². The third-order valence-electron chi connectivity index (χ3n) is 3.92. The summed E-state index contributed by atoms with van der Waals surface area (Å²) in [7, 11) is -3.82. The first-order valence-electron chi connectivity index (χ1n) is 7.63. The number of nitrogens with one attached hydrogen (secondary N) is 1.